The van der Waals surface area contributed by atoms with Crippen molar-refractivity contribution >= 4 is 45.7 Å². The molecule has 0 saturated carbocycles. The van der Waals surface area contributed by atoms with Crippen LogP contribution in [-0.4, -0.2) is 27.0 Å². The van der Waals surface area contributed by atoms with Gasteiger partial charge in [0.05, 0.1) is 11.6 Å². The Morgan fingerprint density at radius 2 is 1.51 bits per heavy atom. The van der Waals surface area contributed by atoms with Gasteiger partial charge in [-0.15, -0.1) is 10.2 Å². The van der Waals surface area contributed by atoms with Crippen LogP contribution in [0.3, 0.4) is 0 Å². The van der Waals surface area contributed by atoms with E-state index in [4.69, 9.17) is 9.47 Å². The predicted octanol–water partition coefficient (Wildman–Crippen LogP) is 9.44. The number of benzene rings is 5. The van der Waals surface area contributed by atoms with Crippen molar-refractivity contribution in [3.05, 3.63) is 166 Å². The summed E-state index contributed by atoms with van der Waals surface area (Å²) in [6.45, 7) is 4.45. The molecule has 0 aliphatic carbocycles. The van der Waals surface area contributed by atoms with Gasteiger partial charge in [0, 0.05) is 11.3 Å². The van der Waals surface area contributed by atoms with Crippen molar-refractivity contribution in [1.82, 2.24) is 10.2 Å². The summed E-state index contributed by atoms with van der Waals surface area (Å²) >= 11 is 2.72. The zero-order chi connectivity index (χ0) is 35.3. The van der Waals surface area contributed by atoms with Crippen molar-refractivity contribution in [2.45, 2.75) is 36.6 Å². The molecule has 1 unspecified atom stereocenters. The fourth-order valence-corrected chi connectivity index (χ4v) is 7.56. The summed E-state index contributed by atoms with van der Waals surface area (Å²) in [6.07, 6.45) is 0. The van der Waals surface area contributed by atoms with Crippen LogP contribution in [0.25, 0.3) is 5.76 Å². The number of aromatic nitrogens is 2. The molecule has 0 spiro atoms. The first-order chi connectivity index (χ1) is 24.8. The van der Waals surface area contributed by atoms with Crippen LogP contribution >= 0.6 is 23.1 Å². The maximum atomic E-state index is 13.8. The lowest BCUT2D eigenvalue weighted by Gasteiger charge is -2.23. The number of nitrogens with zero attached hydrogens (tertiary/aromatic N) is 3. The third-order valence-corrected chi connectivity index (χ3v) is 10.4. The first-order valence-corrected chi connectivity index (χ1v) is 18.1. The van der Waals surface area contributed by atoms with Crippen LogP contribution in [0.1, 0.15) is 39.4 Å². The van der Waals surface area contributed by atoms with Crippen LogP contribution in [0.4, 0.5) is 5.13 Å². The summed E-state index contributed by atoms with van der Waals surface area (Å²) in [5.74, 6) is 0.467. The van der Waals surface area contributed by atoms with Crippen LogP contribution in [-0.2, 0) is 21.9 Å². The lowest BCUT2D eigenvalue weighted by molar-refractivity contribution is -0.132. The minimum atomic E-state index is -0.996. The van der Waals surface area contributed by atoms with Gasteiger partial charge >= 0.3 is 5.91 Å². The number of hydrogen-bond acceptors (Lipinski definition) is 9. The molecule has 10 heteroatoms. The second-order valence-corrected chi connectivity index (χ2v) is 14.3. The van der Waals surface area contributed by atoms with E-state index in [9.17, 15) is 14.7 Å². The fourth-order valence-electron chi connectivity index (χ4n) is 5.74. The van der Waals surface area contributed by atoms with Crippen LogP contribution < -0.4 is 14.4 Å². The van der Waals surface area contributed by atoms with E-state index in [1.807, 2.05) is 62.4 Å². The van der Waals surface area contributed by atoms with Crippen molar-refractivity contribution < 1.29 is 24.2 Å². The minimum absolute atomic E-state index is 0.0608. The van der Waals surface area contributed by atoms with E-state index < -0.39 is 17.7 Å². The van der Waals surface area contributed by atoms with Crippen LogP contribution in [0.15, 0.2) is 137 Å². The zero-order valence-electron chi connectivity index (χ0n) is 27.9. The monoisotopic (exact) mass is 711 g/mol. The molecule has 1 aliphatic rings. The van der Waals surface area contributed by atoms with Gasteiger partial charge in [-0.2, -0.15) is 0 Å². The van der Waals surface area contributed by atoms with E-state index >= 15 is 0 Å². The summed E-state index contributed by atoms with van der Waals surface area (Å²) < 4.78 is 12.7. The molecule has 1 N–H and O–H groups in total. The molecule has 254 valence electrons. The number of aliphatic hydroxyl groups excluding tert-OH is 1. The fraction of sp³-hybridized carbons (Fsp3) is 0.122. The summed E-state index contributed by atoms with van der Waals surface area (Å²) in [7, 11) is 0. The van der Waals surface area contributed by atoms with Crippen LogP contribution in [0, 0.1) is 13.8 Å². The molecule has 0 bridgehead atoms. The normalized spacial score (nSPS) is 15.3. The number of aliphatic hydroxyl groups is 1. The highest BCUT2D eigenvalue weighted by Gasteiger charge is 2.48. The summed E-state index contributed by atoms with van der Waals surface area (Å²) in [5.41, 5.74) is 5.35. The van der Waals surface area contributed by atoms with E-state index in [-0.39, 0.29) is 16.5 Å². The maximum absolute atomic E-state index is 13.8. The lowest BCUT2D eigenvalue weighted by atomic mass is 9.95. The predicted molar refractivity (Wildman–Crippen MR) is 200 cm³/mol. The molecular weight excluding hydrogens is 679 g/mol. The number of ketones is 1. The van der Waals surface area contributed by atoms with E-state index in [1.54, 1.807) is 48.5 Å². The average molecular weight is 712 g/mol. The molecule has 1 aliphatic heterocycles. The van der Waals surface area contributed by atoms with Gasteiger partial charge in [-0.05, 0) is 79.1 Å². The average Bonchev–Trinajstić information content (AvgIpc) is 3.72. The highest BCUT2D eigenvalue weighted by atomic mass is 32.2. The van der Waals surface area contributed by atoms with Crippen molar-refractivity contribution in [2.75, 3.05) is 4.90 Å². The van der Waals surface area contributed by atoms with Gasteiger partial charge in [-0.1, -0.05) is 113 Å². The standard InChI is InChI=1S/C41H33N3O5S2/c1-26-14-16-28(17-15-26)25-50-41-43-42-40(51-41)44-36(31-10-7-13-34(23-31)49-33-11-4-3-5-12-33)35(38(46)39(44)47)37(45)30-18-20-32(21-19-30)48-24-29-9-6-8-27(2)22-29/h3-23,36,45H,24-25H2,1-2H3. The third kappa shape index (κ3) is 7.72. The molecule has 1 aromatic heterocycles. The van der Waals surface area contributed by atoms with Crippen molar-refractivity contribution in [3.8, 4) is 17.2 Å². The Bertz CT molecular complexity index is 2220. The quantitative estimate of drug-likeness (QED) is 0.0467. The smallest absolute Gasteiger partial charge is 0.301 e. The van der Waals surface area contributed by atoms with E-state index in [0.29, 0.717) is 45.1 Å². The molecule has 2 heterocycles. The molecule has 51 heavy (non-hydrogen) atoms. The Morgan fingerprint density at radius 1 is 0.765 bits per heavy atom. The van der Waals surface area contributed by atoms with Crippen molar-refractivity contribution in [1.29, 1.82) is 0 Å². The first kappa shape index (κ1) is 33.8. The van der Waals surface area contributed by atoms with Gasteiger partial charge in [-0.3, -0.25) is 14.5 Å². The Kier molecular flexibility index (Phi) is 9.96. The van der Waals surface area contributed by atoms with Crippen LogP contribution in [0.5, 0.6) is 17.2 Å². The van der Waals surface area contributed by atoms with Crippen LogP contribution in [0.2, 0.25) is 0 Å². The number of ether oxygens (including phenoxy) is 2. The second-order valence-electron chi connectivity index (χ2n) is 12.1. The lowest BCUT2D eigenvalue weighted by Crippen LogP contribution is -2.29. The number of amides is 1. The Labute approximate surface area is 304 Å². The van der Waals surface area contributed by atoms with E-state index in [1.165, 1.54) is 33.6 Å². The van der Waals surface area contributed by atoms with Gasteiger partial charge < -0.3 is 14.6 Å². The number of carbonyl (C=O) groups is 2. The molecule has 1 amide bonds. The van der Waals surface area contributed by atoms with Gasteiger partial charge in [0.25, 0.3) is 5.78 Å². The topological polar surface area (TPSA) is 102 Å². The SMILES string of the molecule is Cc1ccc(CSc2nnc(N3C(=O)C(=O)C(=C(O)c4ccc(OCc5cccc(C)c5)cc4)C3c3cccc(Oc4ccccc4)c3)s2)cc1. The number of Topliss-reactive ketones (excluding diaryl/α,β-unsaturated/α-hetero) is 1. The van der Waals surface area contributed by atoms with Gasteiger partial charge in [-0.25, -0.2) is 0 Å². The Hall–Kier alpha value is -5.71. The highest BCUT2D eigenvalue weighted by Crippen LogP contribution is 2.45. The highest BCUT2D eigenvalue weighted by molar-refractivity contribution is 8.00. The van der Waals surface area contributed by atoms with E-state index in [2.05, 4.69) is 40.5 Å². The minimum Gasteiger partial charge on any atom is -0.507 e. The molecule has 7 rings (SSSR count). The molecule has 6 aromatic rings. The summed E-state index contributed by atoms with van der Waals surface area (Å²) in [4.78, 5) is 29.0. The molecule has 0 radical (unpaired) electrons. The maximum Gasteiger partial charge on any atom is 0.301 e. The van der Waals surface area contributed by atoms with E-state index in [0.717, 1.165) is 16.7 Å². The first-order valence-electron chi connectivity index (χ1n) is 16.3. The Balaban J connectivity index is 1.21. The molecule has 8 nitrogen and oxygen atoms in total. The number of hydrogen-bond donors (Lipinski definition) is 1. The number of para-hydroxylation sites is 1. The summed E-state index contributed by atoms with van der Waals surface area (Å²) in [5, 5.41) is 20.7. The molecule has 1 saturated heterocycles. The molecule has 1 atom stereocenters. The Morgan fingerprint density at radius 3 is 2.27 bits per heavy atom. The number of anilines is 1. The zero-order valence-corrected chi connectivity index (χ0v) is 29.5. The molecular formula is C41H33N3O5S2. The largest absolute Gasteiger partial charge is 0.507 e. The van der Waals surface area contributed by atoms with Gasteiger partial charge in [0.15, 0.2) is 4.34 Å². The second kappa shape index (κ2) is 15.0. The number of rotatable bonds is 11. The van der Waals surface area contributed by atoms with Gasteiger partial charge in [0.2, 0.25) is 5.13 Å². The third-order valence-electron chi connectivity index (χ3n) is 8.30. The molecule has 5 aromatic carbocycles. The summed E-state index contributed by atoms with van der Waals surface area (Å²) in [6, 6.07) is 38.6. The van der Waals surface area contributed by atoms with Crippen molar-refractivity contribution in [3.63, 3.8) is 0 Å². The number of carbonyl (C=O) groups excluding carboxylic acids is 2. The van der Waals surface area contributed by atoms with Gasteiger partial charge in [0.1, 0.15) is 29.6 Å². The number of thioether (sulfide) groups is 1. The van der Waals surface area contributed by atoms with Crippen molar-refractivity contribution in [2.24, 2.45) is 0 Å². The number of aryl methyl sites for hydroxylation is 2. The molecule has 1 fully saturated rings.